The molecule has 24 heavy (non-hydrogen) atoms. The number of anilines is 1. The summed E-state index contributed by atoms with van der Waals surface area (Å²) in [7, 11) is -1.69. The molecule has 0 aliphatic rings. The van der Waals surface area contributed by atoms with Crippen LogP contribution in [0.5, 0.6) is 5.75 Å². The first kappa shape index (κ1) is 17.5. The van der Waals surface area contributed by atoms with Crippen molar-refractivity contribution >= 4 is 22.5 Å². The smallest absolute Gasteiger partial charge is 0.356 e. The molecule has 0 bridgehead atoms. The summed E-state index contributed by atoms with van der Waals surface area (Å²) in [4.78, 5) is 23.0. The molecule has 8 nitrogen and oxygen atoms in total. The number of carboxylic acid groups (broad SMARTS) is 1. The molecule has 2 aromatic rings. The van der Waals surface area contributed by atoms with Gasteiger partial charge in [-0.3, -0.25) is 9.10 Å². The highest BCUT2D eigenvalue weighted by molar-refractivity contribution is 7.74. The third kappa shape index (κ3) is 3.25. The Labute approximate surface area is 139 Å². The Morgan fingerprint density at radius 2 is 1.92 bits per heavy atom. The number of pyridine rings is 1. The van der Waals surface area contributed by atoms with Gasteiger partial charge in [-0.15, -0.1) is 0 Å². The molecule has 1 aromatic carbocycles. The number of benzene rings is 1. The Hall–Kier alpha value is -2.81. The summed E-state index contributed by atoms with van der Waals surface area (Å²) in [5.41, 5.74) is -0.211. The molecule has 0 aliphatic heterocycles. The van der Waals surface area contributed by atoms with Crippen LogP contribution in [0.15, 0.2) is 35.1 Å². The number of hydrogen-bond donors (Lipinski definition) is 3. The van der Waals surface area contributed by atoms with Crippen LogP contribution in [0.1, 0.15) is 21.7 Å². The monoisotopic (exact) mass is 352 g/mol. The molecule has 0 saturated carbocycles. The minimum atomic E-state index is -3.03. The van der Waals surface area contributed by atoms with E-state index in [4.69, 9.17) is 5.11 Å². The van der Waals surface area contributed by atoms with Crippen LogP contribution in [0.4, 0.5) is 5.69 Å². The molecule has 2 rings (SSSR count). The zero-order chi connectivity index (χ0) is 18.0. The highest BCUT2D eigenvalue weighted by Gasteiger charge is 2.21. The zero-order valence-corrected chi connectivity index (χ0v) is 13.9. The van der Waals surface area contributed by atoms with Gasteiger partial charge in [0.25, 0.3) is 0 Å². The normalized spacial score (nSPS) is 10.8. The number of aromatic carboxylic acids is 1. The van der Waals surface area contributed by atoms with Crippen molar-refractivity contribution in [1.29, 1.82) is 0 Å². The number of para-hydroxylation sites is 1. The number of carbonyl (C=O) groups is 1. The van der Waals surface area contributed by atoms with Gasteiger partial charge in [0.05, 0.1) is 12.2 Å². The molecule has 128 valence electrons. The number of carboxylic acids is 1. The summed E-state index contributed by atoms with van der Waals surface area (Å²) in [5.74, 6) is -2.37. The van der Waals surface area contributed by atoms with Gasteiger partial charge in [-0.1, -0.05) is 18.2 Å². The lowest BCUT2D eigenvalue weighted by atomic mass is 10.2. The van der Waals surface area contributed by atoms with Crippen molar-refractivity contribution in [2.45, 2.75) is 13.5 Å². The van der Waals surface area contributed by atoms with E-state index < -0.39 is 33.7 Å². The summed E-state index contributed by atoms with van der Waals surface area (Å²) in [6.45, 7) is 1.50. The van der Waals surface area contributed by atoms with Crippen LogP contribution in [0.25, 0.3) is 0 Å². The number of rotatable bonds is 5. The van der Waals surface area contributed by atoms with Crippen molar-refractivity contribution < 1.29 is 23.4 Å². The Bertz CT molecular complexity index is 924. The van der Waals surface area contributed by atoms with E-state index in [0.29, 0.717) is 11.3 Å². The summed E-state index contributed by atoms with van der Waals surface area (Å²) >= 11 is 0. The van der Waals surface area contributed by atoms with Crippen LogP contribution >= 0.6 is 0 Å². The first-order chi connectivity index (χ1) is 11.2. The van der Waals surface area contributed by atoms with Crippen molar-refractivity contribution in [3.63, 3.8) is 0 Å². The third-order valence-electron chi connectivity index (χ3n) is 3.63. The maximum Gasteiger partial charge on any atom is 0.356 e. The number of thiol groups is 1. The average molecular weight is 352 g/mol. The zero-order valence-electron chi connectivity index (χ0n) is 13.0. The molecule has 1 aromatic heterocycles. The van der Waals surface area contributed by atoms with E-state index in [2.05, 4.69) is 0 Å². The molecule has 0 fully saturated rings. The quantitative estimate of drug-likeness (QED) is 0.680. The summed E-state index contributed by atoms with van der Waals surface area (Å²) < 4.78 is 25.4. The SMILES string of the molecule is Cc1ccccc1N(Cc1cc(=O)c(O)c(C(=O)O)n1C)[SH](=O)=O. The third-order valence-corrected chi connectivity index (χ3v) is 4.38. The Kier molecular flexibility index (Phi) is 4.93. The van der Waals surface area contributed by atoms with Crippen molar-refractivity contribution in [3.8, 4) is 5.75 Å². The molecule has 0 saturated heterocycles. The van der Waals surface area contributed by atoms with Crippen molar-refractivity contribution in [3.05, 3.63) is 57.5 Å². The second kappa shape index (κ2) is 6.75. The lowest BCUT2D eigenvalue weighted by Gasteiger charge is -2.22. The van der Waals surface area contributed by atoms with Crippen LogP contribution in [-0.2, 0) is 24.5 Å². The van der Waals surface area contributed by atoms with Crippen LogP contribution in [0, 0.1) is 6.92 Å². The van der Waals surface area contributed by atoms with E-state index in [-0.39, 0.29) is 12.2 Å². The first-order valence-corrected chi connectivity index (χ1v) is 7.99. The van der Waals surface area contributed by atoms with Gasteiger partial charge in [0.1, 0.15) is 0 Å². The highest BCUT2D eigenvalue weighted by Crippen LogP contribution is 2.22. The molecule has 0 atom stereocenters. The van der Waals surface area contributed by atoms with Gasteiger partial charge in [0, 0.05) is 18.8 Å². The Morgan fingerprint density at radius 1 is 1.29 bits per heavy atom. The molecule has 0 radical (unpaired) electrons. The second-order valence-electron chi connectivity index (χ2n) is 5.14. The predicted molar refractivity (Wildman–Crippen MR) is 88.0 cm³/mol. The second-order valence-corrected chi connectivity index (χ2v) is 6.10. The van der Waals surface area contributed by atoms with Gasteiger partial charge < -0.3 is 14.8 Å². The molecule has 0 spiro atoms. The minimum absolute atomic E-state index is 0.137. The maximum absolute atomic E-state index is 11.8. The summed E-state index contributed by atoms with van der Waals surface area (Å²) in [6, 6.07) is 7.79. The molecule has 0 amide bonds. The largest absolute Gasteiger partial charge is 0.502 e. The minimum Gasteiger partial charge on any atom is -0.502 e. The lowest BCUT2D eigenvalue weighted by molar-refractivity contribution is 0.0681. The topological polar surface area (TPSA) is 117 Å². The number of aromatic hydroxyl groups is 1. The maximum atomic E-state index is 11.8. The molecule has 0 aliphatic carbocycles. The fraction of sp³-hybridized carbons (Fsp3) is 0.200. The van der Waals surface area contributed by atoms with Gasteiger partial charge in [-0.25, -0.2) is 13.2 Å². The fourth-order valence-corrected chi connectivity index (χ4v) is 3.03. The van der Waals surface area contributed by atoms with Gasteiger partial charge in [0.15, 0.2) is 11.4 Å². The standard InChI is InChI=1S/C15H16N2O6S/c1-9-5-3-4-6-11(9)17(24(22)23)8-10-7-12(18)14(19)13(15(20)21)16(10)2/h3-7,19,24H,8H2,1-2H3,(H,20,21). The Balaban J connectivity index is 2.58. The van der Waals surface area contributed by atoms with E-state index in [1.54, 1.807) is 31.2 Å². The molecular formula is C15H16N2O6S. The van der Waals surface area contributed by atoms with E-state index in [0.717, 1.165) is 14.9 Å². The number of hydrogen-bond acceptors (Lipinski definition) is 5. The van der Waals surface area contributed by atoms with Crippen molar-refractivity contribution in [2.75, 3.05) is 4.31 Å². The molecule has 0 unspecified atom stereocenters. The fourth-order valence-electron chi connectivity index (χ4n) is 2.37. The highest BCUT2D eigenvalue weighted by atomic mass is 32.2. The molecule has 1 heterocycles. The van der Waals surface area contributed by atoms with Gasteiger partial charge in [0.2, 0.25) is 16.3 Å². The van der Waals surface area contributed by atoms with Crippen LogP contribution in [0.3, 0.4) is 0 Å². The van der Waals surface area contributed by atoms with Gasteiger partial charge in [-0.05, 0) is 18.6 Å². The van der Waals surface area contributed by atoms with E-state index in [1.165, 1.54) is 7.05 Å². The van der Waals surface area contributed by atoms with Gasteiger partial charge in [-0.2, -0.15) is 0 Å². The molecule has 9 heteroatoms. The van der Waals surface area contributed by atoms with Crippen LogP contribution < -0.4 is 9.73 Å². The van der Waals surface area contributed by atoms with E-state index in [1.807, 2.05) is 0 Å². The number of nitrogens with zero attached hydrogens (tertiary/aromatic N) is 2. The number of aryl methyl sites for hydroxylation is 1. The van der Waals surface area contributed by atoms with E-state index >= 15 is 0 Å². The molecular weight excluding hydrogens is 336 g/mol. The first-order valence-electron chi connectivity index (χ1n) is 6.86. The van der Waals surface area contributed by atoms with Crippen molar-refractivity contribution in [1.82, 2.24) is 4.57 Å². The summed E-state index contributed by atoms with van der Waals surface area (Å²) in [5, 5.41) is 18.8. The lowest BCUT2D eigenvalue weighted by Crippen LogP contribution is -2.27. The van der Waals surface area contributed by atoms with Crippen LogP contribution in [-0.4, -0.2) is 29.2 Å². The Morgan fingerprint density at radius 3 is 2.46 bits per heavy atom. The number of aromatic nitrogens is 1. The molecule has 2 N–H and O–H groups in total. The average Bonchev–Trinajstić information content (AvgIpc) is 2.50. The van der Waals surface area contributed by atoms with Gasteiger partial charge >= 0.3 is 5.97 Å². The predicted octanol–water partition coefficient (Wildman–Crippen LogP) is 0.631. The van der Waals surface area contributed by atoms with Crippen molar-refractivity contribution in [2.24, 2.45) is 7.05 Å². The van der Waals surface area contributed by atoms with Crippen LogP contribution in [0.2, 0.25) is 0 Å². The van der Waals surface area contributed by atoms with E-state index in [9.17, 15) is 23.1 Å². The summed E-state index contributed by atoms with van der Waals surface area (Å²) in [6.07, 6.45) is 0.